The normalized spacial score (nSPS) is 22.8. The van der Waals surface area contributed by atoms with Crippen molar-refractivity contribution in [3.63, 3.8) is 0 Å². The first-order chi connectivity index (χ1) is 8.86. The molecule has 0 saturated heterocycles. The van der Waals surface area contributed by atoms with Gasteiger partial charge in [-0.15, -0.1) is 0 Å². The lowest BCUT2D eigenvalue weighted by Crippen LogP contribution is -2.35. The molecule has 0 aliphatic carbocycles. The lowest BCUT2D eigenvalue weighted by atomic mass is 9.93. The van der Waals surface area contributed by atoms with Crippen LogP contribution >= 0.6 is 0 Å². The van der Waals surface area contributed by atoms with E-state index in [-0.39, 0.29) is 0 Å². The number of fused-ring (bicyclic) bond motifs is 1. The van der Waals surface area contributed by atoms with Gasteiger partial charge in [0.1, 0.15) is 0 Å². The van der Waals surface area contributed by atoms with Gasteiger partial charge in [0.05, 0.1) is 12.9 Å². The van der Waals surface area contributed by atoms with Gasteiger partial charge in [-0.2, -0.15) is 0 Å². The Balaban J connectivity index is 1.71. The first-order valence-corrected chi connectivity index (χ1v) is 6.97. The molecule has 0 fully saturated rings. The quantitative estimate of drug-likeness (QED) is 0.809. The third kappa shape index (κ3) is 2.30. The van der Waals surface area contributed by atoms with Gasteiger partial charge in [-0.1, -0.05) is 25.1 Å². The van der Waals surface area contributed by atoms with Crippen molar-refractivity contribution in [1.29, 1.82) is 0 Å². The average Bonchev–Trinajstić information content (AvgIpc) is 2.90. The molecular formula is C16H21NO. The maximum Gasteiger partial charge on any atom is 0.0949 e. The van der Waals surface area contributed by atoms with Crippen LogP contribution in [0.1, 0.15) is 23.6 Å². The van der Waals surface area contributed by atoms with E-state index in [9.17, 15) is 0 Å². The average molecular weight is 243 g/mol. The van der Waals surface area contributed by atoms with Crippen LogP contribution in [-0.2, 0) is 24.1 Å². The van der Waals surface area contributed by atoms with Crippen molar-refractivity contribution < 1.29 is 4.74 Å². The Morgan fingerprint density at radius 3 is 3.11 bits per heavy atom. The van der Waals surface area contributed by atoms with Gasteiger partial charge in [-0.05, 0) is 35.6 Å². The Hall–Kier alpha value is -1.28. The second-order valence-corrected chi connectivity index (χ2v) is 5.32. The number of aryl methyl sites for hydroxylation is 1. The molecule has 2 nitrogen and oxygen atoms in total. The fraction of sp³-hybridized carbons (Fsp3) is 0.500. The fourth-order valence-electron chi connectivity index (χ4n) is 3.08. The smallest absolute Gasteiger partial charge is 0.0949 e. The summed E-state index contributed by atoms with van der Waals surface area (Å²) in [6.07, 6.45) is 6.40. The fourth-order valence-corrected chi connectivity index (χ4v) is 3.08. The summed E-state index contributed by atoms with van der Waals surface area (Å²) in [5, 5.41) is 0. The molecule has 2 aliphatic rings. The largest absolute Gasteiger partial charge is 0.501 e. The van der Waals surface area contributed by atoms with Gasteiger partial charge in [0.15, 0.2) is 0 Å². The van der Waals surface area contributed by atoms with E-state index in [1.807, 2.05) is 6.26 Å². The molecule has 1 unspecified atom stereocenters. The van der Waals surface area contributed by atoms with Crippen molar-refractivity contribution in [3.8, 4) is 0 Å². The van der Waals surface area contributed by atoms with Crippen molar-refractivity contribution in [2.75, 3.05) is 19.7 Å². The van der Waals surface area contributed by atoms with Crippen molar-refractivity contribution in [2.45, 2.75) is 26.3 Å². The van der Waals surface area contributed by atoms with Crippen LogP contribution < -0.4 is 0 Å². The molecule has 1 aromatic rings. The zero-order chi connectivity index (χ0) is 12.4. The number of nitrogens with zero attached hydrogens (tertiary/aromatic N) is 1. The highest BCUT2D eigenvalue weighted by molar-refractivity contribution is 5.37. The Morgan fingerprint density at radius 1 is 1.39 bits per heavy atom. The van der Waals surface area contributed by atoms with E-state index >= 15 is 0 Å². The maximum absolute atomic E-state index is 5.30. The molecule has 2 heteroatoms. The molecule has 3 rings (SSSR count). The SMILES string of the molecule is CCc1cccc2c1CCN(CC1C=COC1)C2. The molecule has 0 N–H and O–H groups in total. The molecular weight excluding hydrogens is 222 g/mol. The van der Waals surface area contributed by atoms with Gasteiger partial charge < -0.3 is 4.74 Å². The number of benzene rings is 1. The molecule has 0 radical (unpaired) electrons. The highest BCUT2D eigenvalue weighted by Gasteiger charge is 2.21. The van der Waals surface area contributed by atoms with E-state index in [0.29, 0.717) is 5.92 Å². The molecule has 0 amide bonds. The summed E-state index contributed by atoms with van der Waals surface area (Å²) in [5.41, 5.74) is 4.68. The number of ether oxygens (including phenoxy) is 1. The van der Waals surface area contributed by atoms with Crippen LogP contribution in [0.15, 0.2) is 30.5 Å². The molecule has 18 heavy (non-hydrogen) atoms. The van der Waals surface area contributed by atoms with Crippen LogP contribution in [-0.4, -0.2) is 24.6 Å². The van der Waals surface area contributed by atoms with Crippen LogP contribution in [0.2, 0.25) is 0 Å². The molecule has 2 aliphatic heterocycles. The van der Waals surface area contributed by atoms with Crippen molar-refractivity contribution in [3.05, 3.63) is 47.2 Å². The third-order valence-electron chi connectivity index (χ3n) is 4.07. The van der Waals surface area contributed by atoms with Crippen molar-refractivity contribution in [2.24, 2.45) is 5.92 Å². The zero-order valence-electron chi connectivity index (χ0n) is 11.1. The summed E-state index contributed by atoms with van der Waals surface area (Å²) in [7, 11) is 0. The molecule has 0 saturated carbocycles. The predicted molar refractivity (Wildman–Crippen MR) is 73.4 cm³/mol. The van der Waals surface area contributed by atoms with Gasteiger partial charge in [-0.25, -0.2) is 0 Å². The Labute approximate surface area is 109 Å². The van der Waals surface area contributed by atoms with Gasteiger partial charge in [0.2, 0.25) is 0 Å². The highest BCUT2D eigenvalue weighted by atomic mass is 16.5. The van der Waals surface area contributed by atoms with Crippen LogP contribution in [0.25, 0.3) is 0 Å². The molecule has 0 aromatic heterocycles. The minimum absolute atomic E-state index is 0.584. The van der Waals surface area contributed by atoms with Crippen LogP contribution in [0, 0.1) is 5.92 Å². The van der Waals surface area contributed by atoms with E-state index in [1.165, 1.54) is 24.1 Å². The van der Waals surface area contributed by atoms with E-state index in [1.54, 1.807) is 5.56 Å². The van der Waals surface area contributed by atoms with Crippen LogP contribution in [0.3, 0.4) is 0 Å². The third-order valence-corrected chi connectivity index (χ3v) is 4.07. The summed E-state index contributed by atoms with van der Waals surface area (Å²) in [6.45, 7) is 6.54. The molecule has 1 atom stereocenters. The van der Waals surface area contributed by atoms with E-state index in [0.717, 1.165) is 26.1 Å². The molecule has 1 aromatic carbocycles. The maximum atomic E-state index is 5.30. The van der Waals surface area contributed by atoms with Gasteiger partial charge >= 0.3 is 0 Å². The van der Waals surface area contributed by atoms with Gasteiger partial charge in [-0.3, -0.25) is 4.90 Å². The summed E-state index contributed by atoms with van der Waals surface area (Å²) in [4.78, 5) is 2.56. The van der Waals surface area contributed by atoms with E-state index in [2.05, 4.69) is 36.1 Å². The first-order valence-electron chi connectivity index (χ1n) is 6.97. The van der Waals surface area contributed by atoms with Crippen molar-refractivity contribution in [1.82, 2.24) is 4.90 Å². The Kier molecular flexibility index (Phi) is 3.37. The topological polar surface area (TPSA) is 12.5 Å². The second kappa shape index (κ2) is 5.15. The standard InChI is InChI=1S/C16H21NO/c1-2-14-4-3-5-15-11-17(8-6-16(14)15)10-13-7-9-18-12-13/h3-5,7,9,13H,2,6,8,10-12H2,1H3. The minimum atomic E-state index is 0.584. The number of rotatable bonds is 3. The summed E-state index contributed by atoms with van der Waals surface area (Å²) in [5.74, 6) is 0.584. The monoisotopic (exact) mass is 243 g/mol. The molecule has 0 bridgehead atoms. The molecule has 0 spiro atoms. The molecule has 2 heterocycles. The number of hydrogen-bond acceptors (Lipinski definition) is 2. The molecule has 96 valence electrons. The minimum Gasteiger partial charge on any atom is -0.501 e. The summed E-state index contributed by atoms with van der Waals surface area (Å²) < 4.78 is 5.30. The van der Waals surface area contributed by atoms with Gasteiger partial charge in [0.25, 0.3) is 0 Å². The predicted octanol–water partition coefficient (Wildman–Crippen LogP) is 2.77. The van der Waals surface area contributed by atoms with E-state index in [4.69, 9.17) is 4.74 Å². The highest BCUT2D eigenvalue weighted by Crippen LogP contribution is 2.24. The Morgan fingerprint density at radius 2 is 2.33 bits per heavy atom. The second-order valence-electron chi connectivity index (χ2n) is 5.32. The zero-order valence-corrected chi connectivity index (χ0v) is 11.1. The van der Waals surface area contributed by atoms with E-state index < -0.39 is 0 Å². The number of hydrogen-bond donors (Lipinski definition) is 0. The van der Waals surface area contributed by atoms with Crippen molar-refractivity contribution >= 4 is 0 Å². The van der Waals surface area contributed by atoms with Crippen LogP contribution in [0.4, 0.5) is 0 Å². The lowest BCUT2D eigenvalue weighted by molar-refractivity contribution is 0.185. The summed E-state index contributed by atoms with van der Waals surface area (Å²) >= 11 is 0. The Bertz CT molecular complexity index is 452. The van der Waals surface area contributed by atoms with Crippen LogP contribution in [0.5, 0.6) is 0 Å². The first kappa shape index (κ1) is 11.8. The summed E-state index contributed by atoms with van der Waals surface area (Å²) in [6, 6.07) is 6.78. The van der Waals surface area contributed by atoms with Gasteiger partial charge in [0, 0.05) is 25.6 Å². The lowest BCUT2D eigenvalue weighted by Gasteiger charge is -2.31.